The highest BCUT2D eigenvalue weighted by atomic mass is 16.5. The number of carbonyl (C=O) groups is 2. The van der Waals surface area contributed by atoms with Crippen LogP contribution in [0, 0.1) is 0 Å². The number of aromatic nitrogens is 1. The van der Waals surface area contributed by atoms with E-state index in [0.717, 1.165) is 11.1 Å². The molecule has 0 aliphatic heterocycles. The third-order valence-corrected chi connectivity index (χ3v) is 3.85. The molecule has 2 aromatic rings. The van der Waals surface area contributed by atoms with E-state index in [0.29, 0.717) is 0 Å². The number of hydroxylamine groups is 1. The first-order valence-electron chi connectivity index (χ1n) is 8.33. The van der Waals surface area contributed by atoms with Crippen LogP contribution in [-0.4, -0.2) is 32.8 Å². The maximum atomic E-state index is 12.2. The molecule has 0 radical (unpaired) electrons. The number of nitrogens with zero attached hydrogens (tertiary/aromatic N) is 1. The summed E-state index contributed by atoms with van der Waals surface area (Å²) in [4.78, 5) is 27.7. The van der Waals surface area contributed by atoms with Crippen molar-refractivity contribution in [2.75, 3.05) is 0 Å². The van der Waals surface area contributed by atoms with Crippen LogP contribution in [0.2, 0.25) is 0 Å². The fourth-order valence-corrected chi connectivity index (χ4v) is 2.21. The quantitative estimate of drug-likeness (QED) is 0.259. The van der Waals surface area contributed by atoms with Gasteiger partial charge in [-0.25, -0.2) is 5.48 Å². The van der Waals surface area contributed by atoms with Gasteiger partial charge >= 0.3 is 0 Å². The largest absolute Gasteiger partial charge is 0.363 e. The summed E-state index contributed by atoms with van der Waals surface area (Å²) in [6, 6.07) is 10.4. The van der Waals surface area contributed by atoms with Crippen molar-refractivity contribution in [1.82, 2.24) is 15.8 Å². The number of amides is 2. The Morgan fingerprint density at radius 3 is 2.33 bits per heavy atom. The molecule has 0 aliphatic carbocycles. The standard InChI is InChI=1S/C20H21N3O4/c1-2-20(26,19(25)23-27)22-18(24)17-11-9-15(10-12-17)6-3-4-7-16-8-5-13-21-14-16/h3-14,26-27H,2H2,1H3,(H,22,24)(H,23,25)/b6-3+,7-4+. The van der Waals surface area contributed by atoms with E-state index in [1.165, 1.54) is 12.4 Å². The van der Waals surface area contributed by atoms with Gasteiger partial charge in [0.05, 0.1) is 0 Å². The maximum Gasteiger partial charge on any atom is 0.296 e. The molecule has 27 heavy (non-hydrogen) atoms. The monoisotopic (exact) mass is 367 g/mol. The summed E-state index contributed by atoms with van der Waals surface area (Å²) in [6.45, 7) is 1.50. The van der Waals surface area contributed by atoms with Gasteiger partial charge in [-0.3, -0.25) is 19.8 Å². The number of carbonyl (C=O) groups excluding carboxylic acids is 2. The van der Waals surface area contributed by atoms with Gasteiger partial charge in [-0.05, 0) is 29.3 Å². The smallest absolute Gasteiger partial charge is 0.296 e. The molecule has 4 N–H and O–H groups in total. The summed E-state index contributed by atoms with van der Waals surface area (Å²) in [7, 11) is 0. The molecule has 1 unspecified atom stereocenters. The average Bonchev–Trinajstić information content (AvgIpc) is 2.71. The van der Waals surface area contributed by atoms with Crippen LogP contribution in [0.25, 0.3) is 12.2 Å². The predicted molar refractivity (Wildman–Crippen MR) is 101 cm³/mol. The minimum atomic E-state index is -2.18. The first-order valence-corrected chi connectivity index (χ1v) is 8.33. The van der Waals surface area contributed by atoms with E-state index in [1.54, 1.807) is 36.7 Å². The van der Waals surface area contributed by atoms with Crippen LogP contribution >= 0.6 is 0 Å². The Hall–Kier alpha value is -3.29. The van der Waals surface area contributed by atoms with Crippen molar-refractivity contribution < 1.29 is 19.9 Å². The first kappa shape index (κ1) is 20.0. The van der Waals surface area contributed by atoms with Gasteiger partial charge in [-0.1, -0.05) is 49.4 Å². The first-order chi connectivity index (χ1) is 13.0. The van der Waals surface area contributed by atoms with Gasteiger partial charge in [0.15, 0.2) is 0 Å². The Kier molecular flexibility index (Phi) is 6.99. The van der Waals surface area contributed by atoms with Crippen LogP contribution in [0.5, 0.6) is 0 Å². The number of aliphatic hydroxyl groups is 1. The second kappa shape index (κ2) is 9.42. The second-order valence-corrected chi connectivity index (χ2v) is 5.74. The zero-order valence-corrected chi connectivity index (χ0v) is 14.8. The van der Waals surface area contributed by atoms with Gasteiger partial charge in [0.25, 0.3) is 11.8 Å². The Morgan fingerprint density at radius 1 is 1.11 bits per heavy atom. The van der Waals surface area contributed by atoms with E-state index in [2.05, 4.69) is 10.3 Å². The molecule has 0 aliphatic rings. The molecule has 2 rings (SSSR count). The summed E-state index contributed by atoms with van der Waals surface area (Å²) in [5, 5.41) is 21.0. The average molecular weight is 367 g/mol. The Bertz CT molecular complexity index is 832. The summed E-state index contributed by atoms with van der Waals surface area (Å²) >= 11 is 0. The fraction of sp³-hybridized carbons (Fsp3) is 0.150. The fourth-order valence-electron chi connectivity index (χ4n) is 2.21. The SMILES string of the molecule is CCC(O)(NC(=O)c1ccc(/C=C/C=C/c2cccnc2)cc1)C(=O)NO. The van der Waals surface area contributed by atoms with Crippen molar-refractivity contribution in [3.8, 4) is 0 Å². The lowest BCUT2D eigenvalue weighted by molar-refractivity contribution is -0.151. The Morgan fingerprint density at radius 2 is 1.78 bits per heavy atom. The summed E-state index contributed by atoms with van der Waals surface area (Å²) < 4.78 is 0. The summed E-state index contributed by atoms with van der Waals surface area (Å²) in [5.74, 6) is -1.73. The zero-order chi connectivity index (χ0) is 19.7. The maximum absolute atomic E-state index is 12.2. The van der Waals surface area contributed by atoms with Crippen molar-refractivity contribution in [3.63, 3.8) is 0 Å². The summed E-state index contributed by atoms with van der Waals surface area (Å²) in [6.07, 6.45) is 10.9. The molecule has 0 bridgehead atoms. The topological polar surface area (TPSA) is 112 Å². The number of benzene rings is 1. The van der Waals surface area contributed by atoms with Gasteiger partial charge in [0.2, 0.25) is 5.72 Å². The van der Waals surface area contributed by atoms with E-state index >= 15 is 0 Å². The van der Waals surface area contributed by atoms with E-state index in [4.69, 9.17) is 5.21 Å². The van der Waals surface area contributed by atoms with E-state index in [1.807, 2.05) is 36.4 Å². The molecule has 1 aromatic heterocycles. The highest BCUT2D eigenvalue weighted by molar-refractivity contribution is 5.98. The van der Waals surface area contributed by atoms with Crippen molar-refractivity contribution >= 4 is 24.0 Å². The lowest BCUT2D eigenvalue weighted by atomic mass is 10.1. The van der Waals surface area contributed by atoms with Crippen molar-refractivity contribution in [2.45, 2.75) is 19.1 Å². The van der Waals surface area contributed by atoms with Crippen LogP contribution in [0.15, 0.2) is 60.9 Å². The van der Waals surface area contributed by atoms with Crippen LogP contribution in [0.3, 0.4) is 0 Å². The number of hydrogen-bond donors (Lipinski definition) is 4. The van der Waals surface area contributed by atoms with Crippen LogP contribution in [0.4, 0.5) is 0 Å². The highest BCUT2D eigenvalue weighted by Gasteiger charge is 2.35. The van der Waals surface area contributed by atoms with Gasteiger partial charge in [-0.15, -0.1) is 0 Å². The molecule has 7 nitrogen and oxygen atoms in total. The van der Waals surface area contributed by atoms with Crippen molar-refractivity contribution in [1.29, 1.82) is 0 Å². The lowest BCUT2D eigenvalue weighted by Gasteiger charge is -2.25. The second-order valence-electron chi connectivity index (χ2n) is 5.74. The molecular weight excluding hydrogens is 346 g/mol. The Balaban J connectivity index is 2.00. The minimum Gasteiger partial charge on any atom is -0.363 e. The molecule has 0 spiro atoms. The molecular formula is C20H21N3O4. The van der Waals surface area contributed by atoms with Crippen LogP contribution in [0.1, 0.15) is 34.8 Å². The number of nitrogens with one attached hydrogen (secondary N) is 2. The van der Waals surface area contributed by atoms with Crippen molar-refractivity contribution in [3.05, 3.63) is 77.6 Å². The molecule has 140 valence electrons. The third kappa shape index (κ3) is 5.60. The van der Waals surface area contributed by atoms with E-state index < -0.39 is 17.5 Å². The molecule has 7 heteroatoms. The Labute approximate surface area is 157 Å². The number of allylic oxidation sites excluding steroid dienone is 2. The molecule has 0 saturated heterocycles. The molecule has 2 amide bonds. The van der Waals surface area contributed by atoms with Gasteiger partial charge in [0.1, 0.15) is 0 Å². The van der Waals surface area contributed by atoms with Crippen molar-refractivity contribution in [2.24, 2.45) is 0 Å². The zero-order valence-electron chi connectivity index (χ0n) is 14.8. The van der Waals surface area contributed by atoms with Crippen LogP contribution < -0.4 is 10.8 Å². The van der Waals surface area contributed by atoms with Gasteiger partial charge in [0, 0.05) is 24.4 Å². The summed E-state index contributed by atoms with van der Waals surface area (Å²) in [5.41, 5.74) is 1.30. The normalized spacial score (nSPS) is 13.4. The molecule has 0 saturated carbocycles. The van der Waals surface area contributed by atoms with E-state index in [-0.39, 0.29) is 12.0 Å². The molecule has 0 fully saturated rings. The van der Waals surface area contributed by atoms with Gasteiger partial charge < -0.3 is 10.4 Å². The van der Waals surface area contributed by atoms with E-state index in [9.17, 15) is 14.7 Å². The molecule has 1 heterocycles. The third-order valence-electron chi connectivity index (χ3n) is 3.85. The lowest BCUT2D eigenvalue weighted by Crippen LogP contribution is -2.58. The number of pyridine rings is 1. The highest BCUT2D eigenvalue weighted by Crippen LogP contribution is 2.11. The predicted octanol–water partition coefficient (Wildman–Crippen LogP) is 2.14. The molecule has 1 aromatic carbocycles. The number of hydrogen-bond acceptors (Lipinski definition) is 5. The molecule has 1 atom stereocenters. The van der Waals surface area contributed by atoms with Crippen LogP contribution in [-0.2, 0) is 4.79 Å². The van der Waals surface area contributed by atoms with Gasteiger partial charge in [-0.2, -0.15) is 0 Å². The minimum absolute atomic E-state index is 0.102. The number of rotatable bonds is 7.